The standard InChI is InChI=1S/C32H12BF24.C17H12NOS/c34-25(35,36)13-1-14(26(37,38)39)6-21(5-13)33(22-7-15(27(40,41)42)2-16(8-22)28(43,44)45,23-9-17(29(46,47)48)3-18(10-23)30(49,50)51)24-11-19(31(52,53)54)4-20(12-24)32(55,56)57;1-3-7-15-13(5-1)11-14-6-2-4-8-16(14)17(15)19-18-9-10-20-12-18/h1-12H;1-12H/q-1;+1. The van der Waals surface area contributed by atoms with Crippen molar-refractivity contribution in [2.45, 2.75) is 49.4 Å². The molecule has 0 saturated heterocycles. The molecule has 1 aromatic heterocycles. The Morgan fingerprint density at radius 1 is 0.325 bits per heavy atom. The lowest BCUT2D eigenvalue weighted by Gasteiger charge is -2.46. The lowest BCUT2D eigenvalue weighted by atomic mass is 9.12. The van der Waals surface area contributed by atoms with Gasteiger partial charge in [-0.3, -0.25) is 0 Å². The number of benzene rings is 7. The lowest BCUT2D eigenvalue weighted by Crippen LogP contribution is -2.75. The molecule has 8 aromatic rings. The molecule has 0 radical (unpaired) electrons. The summed E-state index contributed by atoms with van der Waals surface area (Å²) in [6.45, 7) is 0. The lowest BCUT2D eigenvalue weighted by molar-refractivity contribution is -0.871. The fourth-order valence-electron chi connectivity index (χ4n) is 8.52. The van der Waals surface area contributed by atoms with E-state index < -0.39 is 195 Å². The fourth-order valence-corrected chi connectivity index (χ4v) is 9.02. The maximum absolute atomic E-state index is 14.2. The topological polar surface area (TPSA) is 13.1 Å². The highest BCUT2D eigenvalue weighted by molar-refractivity contribution is 7.20. The Labute approximate surface area is 419 Å². The number of halogens is 24. The van der Waals surface area contributed by atoms with Crippen LogP contribution in [0.1, 0.15) is 44.5 Å². The van der Waals surface area contributed by atoms with Gasteiger partial charge in [-0.05, 0) is 41.1 Å². The van der Waals surface area contributed by atoms with Crippen LogP contribution in [0.25, 0.3) is 21.5 Å². The van der Waals surface area contributed by atoms with Gasteiger partial charge >= 0.3 is 49.4 Å². The molecule has 408 valence electrons. The zero-order valence-corrected chi connectivity index (χ0v) is 38.1. The first kappa shape index (κ1) is 57.6. The number of nitrogens with zero attached hydrogens (tertiary/aromatic N) is 1. The molecule has 0 spiro atoms. The predicted octanol–water partition coefficient (Wildman–Crippen LogP) is 15.4. The van der Waals surface area contributed by atoms with Gasteiger partial charge in [0.2, 0.25) is 11.9 Å². The molecule has 0 aliphatic carbocycles. The maximum atomic E-state index is 14.2. The highest BCUT2D eigenvalue weighted by Gasteiger charge is 2.47. The summed E-state index contributed by atoms with van der Waals surface area (Å²) < 4.78 is 343. The summed E-state index contributed by atoms with van der Waals surface area (Å²) in [6, 6.07) is 10.0. The van der Waals surface area contributed by atoms with Crippen LogP contribution in [0.15, 0.2) is 144 Å². The van der Waals surface area contributed by atoms with Crippen molar-refractivity contribution in [3.63, 3.8) is 0 Å². The van der Waals surface area contributed by atoms with Crippen LogP contribution in [0.4, 0.5) is 105 Å². The van der Waals surface area contributed by atoms with Gasteiger partial charge in [-0.15, -0.1) is 0 Å². The van der Waals surface area contributed by atoms with Crippen molar-refractivity contribution in [3.05, 3.63) is 189 Å². The molecule has 0 unspecified atom stereocenters. The molecule has 8 rings (SSSR count). The van der Waals surface area contributed by atoms with Gasteiger partial charge in [0.1, 0.15) is 6.15 Å². The quantitative estimate of drug-likeness (QED) is 0.0700. The van der Waals surface area contributed by atoms with Crippen LogP contribution in [-0.4, -0.2) is 6.15 Å². The van der Waals surface area contributed by atoms with Crippen molar-refractivity contribution in [1.29, 1.82) is 0 Å². The van der Waals surface area contributed by atoms with Crippen molar-refractivity contribution >= 4 is 60.9 Å². The van der Waals surface area contributed by atoms with Gasteiger partial charge in [0.15, 0.2) is 0 Å². The molecule has 0 fully saturated rings. The molecule has 77 heavy (non-hydrogen) atoms. The average Bonchev–Trinajstić information content (AvgIpc) is 3.83. The highest BCUT2D eigenvalue weighted by atomic mass is 32.1. The first-order valence-electron chi connectivity index (χ1n) is 21.1. The second-order valence-corrected chi connectivity index (χ2v) is 17.6. The molecule has 0 saturated carbocycles. The third-order valence-corrected chi connectivity index (χ3v) is 12.4. The first-order chi connectivity index (χ1) is 35.2. The van der Waals surface area contributed by atoms with E-state index in [1.165, 1.54) is 10.8 Å². The molecule has 2 nitrogen and oxygen atoms in total. The van der Waals surface area contributed by atoms with Crippen molar-refractivity contribution < 1.29 is 115 Å². The third-order valence-electron chi connectivity index (χ3n) is 11.8. The molecule has 0 N–H and O–H groups in total. The molecule has 0 atom stereocenters. The van der Waals surface area contributed by atoms with Crippen molar-refractivity contribution in [2.75, 3.05) is 0 Å². The van der Waals surface area contributed by atoms with E-state index >= 15 is 0 Å². The van der Waals surface area contributed by atoms with Crippen LogP contribution in [-0.2, 0) is 49.4 Å². The first-order valence-corrected chi connectivity index (χ1v) is 22.0. The minimum atomic E-state index is -6.13. The van der Waals surface area contributed by atoms with Crippen molar-refractivity contribution in [1.82, 2.24) is 0 Å². The van der Waals surface area contributed by atoms with Gasteiger partial charge < -0.3 is 0 Å². The van der Waals surface area contributed by atoms with E-state index in [1.54, 1.807) is 16.1 Å². The second kappa shape index (κ2) is 19.7. The van der Waals surface area contributed by atoms with Gasteiger partial charge in [0.25, 0.3) is 5.51 Å². The molecular formula is C49H24BF24NOS. The van der Waals surface area contributed by atoms with Gasteiger partial charge in [0.05, 0.1) is 49.9 Å². The Morgan fingerprint density at radius 2 is 0.571 bits per heavy atom. The van der Waals surface area contributed by atoms with E-state index in [0.29, 0.717) is 0 Å². The largest absolute Gasteiger partial charge is 0.416 e. The zero-order valence-electron chi connectivity index (χ0n) is 37.3. The molecule has 0 aliphatic heterocycles. The smallest absolute Gasteiger partial charge is 0.229 e. The van der Waals surface area contributed by atoms with Crippen molar-refractivity contribution in [2.24, 2.45) is 0 Å². The summed E-state index contributed by atoms with van der Waals surface area (Å²) in [5.74, 6) is 0.905. The molecule has 0 bridgehead atoms. The van der Waals surface area contributed by atoms with Crippen LogP contribution in [0, 0.1) is 0 Å². The normalized spacial score (nSPS) is 13.5. The second-order valence-electron chi connectivity index (χ2n) is 16.8. The summed E-state index contributed by atoms with van der Waals surface area (Å²) in [4.78, 5) is 6.07. The van der Waals surface area contributed by atoms with E-state index in [1.807, 2.05) is 29.2 Å². The van der Waals surface area contributed by atoms with Crippen LogP contribution < -0.4 is 31.4 Å². The van der Waals surface area contributed by atoms with Crippen LogP contribution in [0.5, 0.6) is 5.75 Å². The molecule has 1 heterocycles. The summed E-state index contributed by atoms with van der Waals surface area (Å²) >= 11 is 1.61. The van der Waals surface area contributed by atoms with E-state index in [9.17, 15) is 105 Å². The Kier molecular flexibility index (Phi) is 14.7. The predicted molar refractivity (Wildman–Crippen MR) is 232 cm³/mol. The summed E-state index contributed by atoms with van der Waals surface area (Å²) in [5.41, 5.74) is -28.3. The van der Waals surface area contributed by atoms with Crippen molar-refractivity contribution in [3.8, 4) is 5.75 Å². The monoisotopic (exact) mass is 1140 g/mol. The minimum Gasteiger partial charge on any atom is -0.229 e. The number of hydrogen-bond acceptors (Lipinski definition) is 2. The Morgan fingerprint density at radius 3 is 0.792 bits per heavy atom. The summed E-state index contributed by atoms with van der Waals surface area (Å²) in [6.07, 6.45) is -52.9. The van der Waals surface area contributed by atoms with E-state index in [-0.39, 0.29) is 0 Å². The molecule has 7 aromatic carbocycles. The van der Waals surface area contributed by atoms with E-state index in [4.69, 9.17) is 4.84 Å². The Balaban J connectivity index is 0.000000353. The maximum Gasteiger partial charge on any atom is 0.416 e. The highest BCUT2D eigenvalue weighted by Crippen LogP contribution is 2.42. The van der Waals surface area contributed by atoms with Gasteiger partial charge in [-0.2, -0.15) is 127 Å². The van der Waals surface area contributed by atoms with Gasteiger partial charge in [-0.1, -0.05) is 108 Å². The third kappa shape index (κ3) is 12.4. The van der Waals surface area contributed by atoms with Crippen LogP contribution >= 0.6 is 11.3 Å². The molecule has 0 amide bonds. The zero-order chi connectivity index (χ0) is 57.3. The summed E-state index contributed by atoms with van der Waals surface area (Å²) in [5, 5.41) is 6.64. The molecular weight excluding hydrogens is 1120 g/mol. The number of fused-ring (bicyclic) bond motifs is 2. The summed E-state index contributed by atoms with van der Waals surface area (Å²) in [7, 11) is 0. The number of hydrogen-bond donors (Lipinski definition) is 0. The average molecular weight is 1140 g/mol. The van der Waals surface area contributed by atoms with E-state index in [0.717, 1.165) is 16.5 Å². The van der Waals surface area contributed by atoms with Gasteiger partial charge in [0, 0.05) is 15.5 Å². The van der Waals surface area contributed by atoms with Crippen LogP contribution in [0.2, 0.25) is 0 Å². The van der Waals surface area contributed by atoms with Crippen LogP contribution in [0.3, 0.4) is 0 Å². The Bertz CT molecular complexity index is 2960. The minimum absolute atomic E-state index is 0.691. The van der Waals surface area contributed by atoms with E-state index in [2.05, 4.69) is 42.5 Å². The SMILES string of the molecule is FC(F)(F)c1cc([B-](c2cc(C(F)(F)F)cc(C(F)(F)F)c2)(c2cc(C(F)(F)F)cc(C(F)(F)F)c2)c2cc(C(F)(F)F)cc(C(F)(F)F)c2)cc(C(F)(F)F)c1.c1ccc2c(O[n+]3ccsc3)c3ccccc3cc2c1. The Hall–Kier alpha value is -7.13. The molecule has 0 aliphatic rings. The number of rotatable bonds is 6. The number of thiazole rings is 1. The fraction of sp³-hybridized carbons (Fsp3) is 0.163. The number of alkyl halides is 24. The van der Waals surface area contributed by atoms with Gasteiger partial charge in [-0.25, -0.2) is 4.84 Å². The molecule has 28 heteroatoms. The number of aromatic nitrogens is 1.